The maximum atomic E-state index is 12.6. The first-order valence-corrected chi connectivity index (χ1v) is 9.71. The summed E-state index contributed by atoms with van der Waals surface area (Å²) in [7, 11) is 0. The van der Waals surface area contributed by atoms with Crippen LogP contribution in [0.2, 0.25) is 0 Å². The minimum absolute atomic E-state index is 0.0253. The van der Waals surface area contributed by atoms with Gasteiger partial charge in [-0.2, -0.15) is 18.3 Å². The molecule has 3 rings (SSSR count). The second kappa shape index (κ2) is 10.4. The zero-order valence-corrected chi connectivity index (χ0v) is 17.4. The maximum Gasteiger partial charge on any atom is 0.417 e. The van der Waals surface area contributed by atoms with Crippen molar-refractivity contribution in [2.24, 2.45) is 5.10 Å². The third kappa shape index (κ3) is 6.66. The summed E-state index contributed by atoms with van der Waals surface area (Å²) in [5.74, 6) is 1.04. The van der Waals surface area contributed by atoms with Crippen LogP contribution in [0.25, 0.3) is 0 Å². The quantitative estimate of drug-likeness (QED) is 0.260. The Hall–Kier alpha value is -4.15. The molecule has 0 spiro atoms. The van der Waals surface area contributed by atoms with Crippen LogP contribution in [0.1, 0.15) is 23.6 Å². The molecule has 8 nitrogen and oxygen atoms in total. The molecule has 172 valence electrons. The van der Waals surface area contributed by atoms with Crippen LogP contribution in [-0.2, 0) is 12.8 Å². The van der Waals surface area contributed by atoms with Crippen molar-refractivity contribution in [3.63, 3.8) is 0 Å². The van der Waals surface area contributed by atoms with Crippen LogP contribution in [0, 0.1) is 10.1 Å². The van der Waals surface area contributed by atoms with Gasteiger partial charge in [0.25, 0.3) is 5.69 Å². The van der Waals surface area contributed by atoms with Crippen LogP contribution in [0.15, 0.2) is 65.9 Å². The Balaban J connectivity index is 1.66. The Bertz CT molecular complexity index is 1140. The van der Waals surface area contributed by atoms with Gasteiger partial charge in [-0.3, -0.25) is 15.5 Å². The molecule has 0 fully saturated rings. The van der Waals surface area contributed by atoms with Gasteiger partial charge in [0.1, 0.15) is 12.4 Å². The second-order valence-corrected chi connectivity index (χ2v) is 6.65. The van der Waals surface area contributed by atoms with Gasteiger partial charge in [-0.15, -0.1) is 0 Å². The first kappa shape index (κ1) is 23.5. The van der Waals surface area contributed by atoms with Crippen molar-refractivity contribution in [1.82, 2.24) is 4.98 Å². The fourth-order valence-electron chi connectivity index (χ4n) is 2.71. The minimum Gasteiger partial charge on any atom is -0.490 e. The molecule has 0 aliphatic rings. The van der Waals surface area contributed by atoms with E-state index in [1.807, 2.05) is 6.92 Å². The van der Waals surface area contributed by atoms with Crippen molar-refractivity contribution in [3.8, 4) is 11.5 Å². The number of nitro benzene ring substituents is 1. The summed E-state index contributed by atoms with van der Waals surface area (Å²) in [6.45, 7) is 2.29. The Morgan fingerprint density at radius 1 is 1.12 bits per heavy atom. The summed E-state index contributed by atoms with van der Waals surface area (Å²) in [6, 6.07) is 13.3. The lowest BCUT2D eigenvalue weighted by Gasteiger charge is -2.12. The normalized spacial score (nSPS) is 11.4. The average molecular weight is 460 g/mol. The fourth-order valence-corrected chi connectivity index (χ4v) is 2.71. The first-order chi connectivity index (χ1) is 15.8. The van der Waals surface area contributed by atoms with E-state index in [-0.39, 0.29) is 18.1 Å². The SMILES string of the molecule is CCOc1cc(/C=N\Nc2ccc(C(F)(F)F)cn2)ccc1OCc1cccc([N+](=O)[O-])c1. The van der Waals surface area contributed by atoms with E-state index in [4.69, 9.17) is 9.47 Å². The molecule has 0 aliphatic heterocycles. The molecule has 0 saturated carbocycles. The summed E-state index contributed by atoms with van der Waals surface area (Å²) < 4.78 is 49.1. The number of pyridine rings is 1. The van der Waals surface area contributed by atoms with E-state index in [1.165, 1.54) is 24.4 Å². The highest BCUT2D eigenvalue weighted by molar-refractivity contribution is 5.81. The molecule has 1 N–H and O–H groups in total. The van der Waals surface area contributed by atoms with Crippen LogP contribution in [0.3, 0.4) is 0 Å². The van der Waals surface area contributed by atoms with E-state index in [2.05, 4.69) is 15.5 Å². The van der Waals surface area contributed by atoms with Crippen LogP contribution in [-0.4, -0.2) is 22.7 Å². The molecule has 0 unspecified atom stereocenters. The standard InChI is InChI=1S/C22H19F3N4O4/c1-2-32-20-11-15(12-27-28-21-9-7-17(13-26-21)22(23,24)25)6-8-19(20)33-14-16-4-3-5-18(10-16)29(30)31/h3-13H,2,14H2,1H3,(H,26,28)/b27-12-. The average Bonchev–Trinajstić information content (AvgIpc) is 2.79. The predicted molar refractivity (Wildman–Crippen MR) is 115 cm³/mol. The van der Waals surface area contributed by atoms with Crippen molar-refractivity contribution in [2.45, 2.75) is 19.7 Å². The number of ether oxygens (including phenoxy) is 2. The van der Waals surface area contributed by atoms with Crippen molar-refractivity contribution >= 4 is 17.7 Å². The number of aromatic nitrogens is 1. The van der Waals surface area contributed by atoms with Gasteiger partial charge in [0.05, 0.1) is 23.3 Å². The molecule has 0 bridgehead atoms. The van der Waals surface area contributed by atoms with Gasteiger partial charge >= 0.3 is 6.18 Å². The molecule has 2 aromatic carbocycles. The Kier molecular flexibility index (Phi) is 7.44. The van der Waals surface area contributed by atoms with Crippen LogP contribution < -0.4 is 14.9 Å². The molecule has 1 aromatic heterocycles. The lowest BCUT2D eigenvalue weighted by molar-refractivity contribution is -0.384. The van der Waals surface area contributed by atoms with Crippen molar-refractivity contribution < 1.29 is 27.6 Å². The molecule has 11 heteroatoms. The zero-order chi connectivity index (χ0) is 23.8. The van der Waals surface area contributed by atoms with Gasteiger partial charge in [-0.1, -0.05) is 12.1 Å². The lowest BCUT2D eigenvalue weighted by atomic mass is 10.2. The number of nitro groups is 1. The van der Waals surface area contributed by atoms with Gasteiger partial charge in [-0.05, 0) is 48.4 Å². The largest absolute Gasteiger partial charge is 0.490 e. The molecule has 1 heterocycles. The third-order valence-corrected chi connectivity index (χ3v) is 4.27. The monoisotopic (exact) mass is 460 g/mol. The highest BCUT2D eigenvalue weighted by Crippen LogP contribution is 2.30. The van der Waals surface area contributed by atoms with Crippen LogP contribution in [0.5, 0.6) is 11.5 Å². The molecule has 0 aliphatic carbocycles. The molecule has 0 saturated heterocycles. The number of hydrazone groups is 1. The number of benzene rings is 2. The lowest BCUT2D eigenvalue weighted by Crippen LogP contribution is -2.05. The predicted octanol–water partition coefficient (Wildman–Crippen LogP) is 5.43. The Morgan fingerprint density at radius 2 is 1.94 bits per heavy atom. The summed E-state index contributed by atoms with van der Waals surface area (Å²) in [5.41, 5.74) is 2.96. The highest BCUT2D eigenvalue weighted by atomic mass is 19.4. The number of nitrogens with one attached hydrogen (secondary N) is 1. The minimum atomic E-state index is -4.45. The van der Waals surface area contributed by atoms with E-state index in [9.17, 15) is 23.3 Å². The topological polar surface area (TPSA) is 98.9 Å². The number of alkyl halides is 3. The van der Waals surface area contributed by atoms with Gasteiger partial charge in [0, 0.05) is 18.3 Å². The summed E-state index contributed by atoms with van der Waals surface area (Å²) in [6.07, 6.45) is -2.28. The fraction of sp³-hybridized carbons (Fsp3) is 0.182. The third-order valence-electron chi connectivity index (χ3n) is 4.27. The van der Waals surface area contributed by atoms with E-state index >= 15 is 0 Å². The molecular formula is C22H19F3N4O4. The number of nitrogens with zero attached hydrogens (tertiary/aromatic N) is 3. The van der Waals surface area contributed by atoms with Crippen molar-refractivity contribution in [3.05, 3.63) is 87.6 Å². The molecule has 0 atom stereocenters. The van der Waals surface area contributed by atoms with E-state index < -0.39 is 16.7 Å². The van der Waals surface area contributed by atoms with E-state index in [0.29, 0.717) is 29.2 Å². The number of hydrogen-bond donors (Lipinski definition) is 1. The molecule has 0 radical (unpaired) electrons. The number of hydrogen-bond acceptors (Lipinski definition) is 7. The van der Waals surface area contributed by atoms with Crippen LogP contribution in [0.4, 0.5) is 24.7 Å². The number of non-ortho nitro benzene ring substituents is 1. The summed E-state index contributed by atoms with van der Waals surface area (Å²) in [5, 5.41) is 14.9. The van der Waals surface area contributed by atoms with Gasteiger partial charge in [0.2, 0.25) is 0 Å². The molecule has 3 aromatic rings. The number of anilines is 1. The number of rotatable bonds is 9. The first-order valence-electron chi connectivity index (χ1n) is 9.71. The molecular weight excluding hydrogens is 441 g/mol. The maximum absolute atomic E-state index is 12.6. The van der Waals surface area contributed by atoms with Gasteiger partial charge in [-0.25, -0.2) is 4.98 Å². The molecule has 33 heavy (non-hydrogen) atoms. The Labute approximate surface area is 186 Å². The zero-order valence-electron chi connectivity index (χ0n) is 17.4. The van der Waals surface area contributed by atoms with E-state index in [1.54, 1.807) is 30.3 Å². The summed E-state index contributed by atoms with van der Waals surface area (Å²) >= 11 is 0. The van der Waals surface area contributed by atoms with Gasteiger partial charge < -0.3 is 9.47 Å². The smallest absolute Gasteiger partial charge is 0.417 e. The Morgan fingerprint density at radius 3 is 2.61 bits per heavy atom. The molecule has 0 amide bonds. The number of halogens is 3. The van der Waals surface area contributed by atoms with Crippen molar-refractivity contribution in [1.29, 1.82) is 0 Å². The summed E-state index contributed by atoms with van der Waals surface area (Å²) in [4.78, 5) is 14.1. The van der Waals surface area contributed by atoms with Crippen molar-refractivity contribution in [2.75, 3.05) is 12.0 Å². The van der Waals surface area contributed by atoms with Crippen LogP contribution >= 0.6 is 0 Å². The van der Waals surface area contributed by atoms with Gasteiger partial charge in [0.15, 0.2) is 11.5 Å². The second-order valence-electron chi connectivity index (χ2n) is 6.65. The highest BCUT2D eigenvalue weighted by Gasteiger charge is 2.30. The van der Waals surface area contributed by atoms with E-state index in [0.717, 1.165) is 12.3 Å².